The highest BCUT2D eigenvalue weighted by Crippen LogP contribution is 2.26. The molecule has 0 unspecified atom stereocenters. The van der Waals surface area contributed by atoms with Crippen molar-refractivity contribution >= 4 is 34.3 Å². The van der Waals surface area contributed by atoms with E-state index in [0.717, 1.165) is 23.0 Å². The lowest BCUT2D eigenvalue weighted by Gasteiger charge is -2.18. The maximum atomic E-state index is 12.7. The minimum atomic E-state index is -0.610. The number of esters is 1. The molecule has 1 fully saturated rings. The first-order valence-corrected chi connectivity index (χ1v) is 9.23. The zero-order chi connectivity index (χ0) is 19.7. The molecule has 142 valence electrons. The predicted molar refractivity (Wildman–Crippen MR) is 106 cm³/mol. The van der Waals surface area contributed by atoms with Crippen LogP contribution in [0.3, 0.4) is 0 Å². The fraction of sp³-hybridized carbons (Fsp3) is 0.227. The Kier molecular flexibility index (Phi) is 4.69. The average Bonchev–Trinajstić information content (AvgIpc) is 3.27. The smallest absolute Gasteiger partial charge is 0.340 e. The number of ketones is 1. The van der Waals surface area contributed by atoms with Crippen molar-refractivity contribution in [2.75, 3.05) is 18.1 Å². The lowest BCUT2D eigenvalue weighted by molar-refractivity contribution is -0.117. The van der Waals surface area contributed by atoms with Crippen LogP contribution in [0.1, 0.15) is 39.3 Å². The maximum Gasteiger partial charge on any atom is 0.340 e. The van der Waals surface area contributed by atoms with Gasteiger partial charge < -0.3 is 14.6 Å². The number of anilines is 1. The third-order valence-electron chi connectivity index (χ3n) is 4.99. The van der Waals surface area contributed by atoms with Gasteiger partial charge in [0, 0.05) is 35.1 Å². The Labute approximate surface area is 162 Å². The number of carbonyl (C=O) groups is 3. The van der Waals surface area contributed by atoms with Crippen molar-refractivity contribution < 1.29 is 19.1 Å². The molecule has 0 atom stereocenters. The highest BCUT2D eigenvalue weighted by molar-refractivity contribution is 6.11. The van der Waals surface area contributed by atoms with Crippen molar-refractivity contribution in [3.63, 3.8) is 0 Å². The fourth-order valence-corrected chi connectivity index (χ4v) is 3.70. The number of hydrogen-bond donors (Lipinski definition) is 1. The summed E-state index contributed by atoms with van der Waals surface area (Å²) in [6, 6.07) is 14.3. The summed E-state index contributed by atoms with van der Waals surface area (Å²) in [5.41, 5.74) is 2.97. The first kappa shape index (κ1) is 18.0. The minimum Gasteiger partial charge on any atom is -0.454 e. The lowest BCUT2D eigenvalue weighted by atomic mass is 10.1. The number of aromatic amines is 1. The number of ether oxygens (including phenoxy) is 1. The number of aryl methyl sites for hydroxylation is 1. The molecule has 0 spiro atoms. The number of para-hydroxylation sites is 2. The molecule has 1 saturated heterocycles. The van der Waals surface area contributed by atoms with E-state index in [1.54, 1.807) is 29.2 Å². The Bertz CT molecular complexity index is 1080. The zero-order valence-electron chi connectivity index (χ0n) is 15.5. The summed E-state index contributed by atoms with van der Waals surface area (Å²) in [4.78, 5) is 42.2. The van der Waals surface area contributed by atoms with Crippen LogP contribution in [0.15, 0.2) is 48.5 Å². The molecule has 0 bridgehead atoms. The van der Waals surface area contributed by atoms with Crippen LogP contribution >= 0.6 is 0 Å². The van der Waals surface area contributed by atoms with E-state index < -0.39 is 5.97 Å². The topological polar surface area (TPSA) is 79.5 Å². The molecule has 1 N–H and O–H groups in total. The molecular weight excluding hydrogens is 356 g/mol. The van der Waals surface area contributed by atoms with Crippen molar-refractivity contribution in [3.05, 3.63) is 65.4 Å². The minimum absolute atomic E-state index is 0.00857. The summed E-state index contributed by atoms with van der Waals surface area (Å²) >= 11 is 0. The highest BCUT2D eigenvalue weighted by atomic mass is 16.5. The van der Waals surface area contributed by atoms with Gasteiger partial charge in [-0.15, -0.1) is 0 Å². The van der Waals surface area contributed by atoms with Crippen LogP contribution in [-0.4, -0.2) is 35.8 Å². The molecule has 4 rings (SSSR count). The summed E-state index contributed by atoms with van der Waals surface area (Å²) in [6.07, 6.45) is 1.24. The quantitative estimate of drug-likeness (QED) is 0.545. The lowest BCUT2D eigenvalue weighted by Crippen LogP contribution is -2.26. The second-order valence-corrected chi connectivity index (χ2v) is 6.84. The van der Waals surface area contributed by atoms with Crippen LogP contribution in [0.5, 0.6) is 0 Å². The van der Waals surface area contributed by atoms with Crippen molar-refractivity contribution in [3.8, 4) is 0 Å². The molecule has 1 amide bonds. The third kappa shape index (κ3) is 3.17. The number of aromatic nitrogens is 1. The molecule has 3 aromatic rings. The van der Waals surface area contributed by atoms with E-state index in [4.69, 9.17) is 4.74 Å². The van der Waals surface area contributed by atoms with Crippen molar-refractivity contribution in [1.29, 1.82) is 0 Å². The summed E-state index contributed by atoms with van der Waals surface area (Å²) in [5.74, 6) is -0.884. The van der Waals surface area contributed by atoms with E-state index in [2.05, 4.69) is 4.98 Å². The Balaban J connectivity index is 1.53. The summed E-state index contributed by atoms with van der Waals surface area (Å²) in [6.45, 7) is 2.05. The highest BCUT2D eigenvalue weighted by Gasteiger charge is 2.26. The van der Waals surface area contributed by atoms with Gasteiger partial charge in [0.05, 0.1) is 11.3 Å². The number of carbonyl (C=O) groups excluding carboxylic acids is 3. The summed E-state index contributed by atoms with van der Waals surface area (Å²) in [5, 5.41) is 0.809. The van der Waals surface area contributed by atoms with Gasteiger partial charge in [0.2, 0.25) is 11.7 Å². The van der Waals surface area contributed by atoms with Gasteiger partial charge in [0.1, 0.15) is 0 Å². The Hall–Kier alpha value is -3.41. The molecule has 0 saturated carbocycles. The van der Waals surface area contributed by atoms with Gasteiger partial charge in [-0.3, -0.25) is 9.59 Å². The molecule has 1 aliphatic heterocycles. The predicted octanol–water partition coefficient (Wildman–Crippen LogP) is 3.64. The molecule has 1 aliphatic rings. The molecule has 2 heterocycles. The maximum absolute atomic E-state index is 12.7. The van der Waals surface area contributed by atoms with E-state index in [1.165, 1.54) is 0 Å². The largest absolute Gasteiger partial charge is 0.454 e. The van der Waals surface area contributed by atoms with Crippen LogP contribution < -0.4 is 4.90 Å². The van der Waals surface area contributed by atoms with Gasteiger partial charge in [-0.1, -0.05) is 30.3 Å². The molecule has 2 aromatic carbocycles. The Morgan fingerprint density at radius 1 is 1.11 bits per heavy atom. The van der Waals surface area contributed by atoms with E-state index in [-0.39, 0.29) is 18.3 Å². The summed E-state index contributed by atoms with van der Waals surface area (Å²) in [7, 11) is 0. The Morgan fingerprint density at radius 2 is 1.86 bits per heavy atom. The summed E-state index contributed by atoms with van der Waals surface area (Å²) < 4.78 is 5.31. The number of Topliss-reactive ketones (excluding diaryl/α,β-unsaturated/α-hetero) is 1. The molecule has 28 heavy (non-hydrogen) atoms. The number of amides is 1. The number of nitrogens with zero attached hydrogens (tertiary/aromatic N) is 1. The standard InChI is InChI=1S/C22H20N2O4/c1-14-21(15-7-2-4-9-17(15)23-14)19(25)13-28-22(27)16-8-3-5-10-18(16)24-12-6-11-20(24)26/h2-5,7-10,23H,6,11-13H2,1H3. The van der Waals surface area contributed by atoms with E-state index in [9.17, 15) is 14.4 Å². The molecular formula is C22H20N2O4. The van der Waals surface area contributed by atoms with Gasteiger partial charge in [-0.05, 0) is 31.5 Å². The van der Waals surface area contributed by atoms with Gasteiger partial charge >= 0.3 is 5.97 Å². The average molecular weight is 376 g/mol. The monoisotopic (exact) mass is 376 g/mol. The normalized spacial score (nSPS) is 13.9. The molecule has 0 radical (unpaired) electrons. The molecule has 0 aliphatic carbocycles. The van der Waals surface area contributed by atoms with Crippen molar-refractivity contribution in [1.82, 2.24) is 4.98 Å². The van der Waals surface area contributed by atoms with Crippen LogP contribution in [0, 0.1) is 6.92 Å². The van der Waals surface area contributed by atoms with E-state index >= 15 is 0 Å². The number of benzene rings is 2. The number of rotatable bonds is 5. The number of hydrogen-bond acceptors (Lipinski definition) is 4. The van der Waals surface area contributed by atoms with Crippen molar-refractivity contribution in [2.45, 2.75) is 19.8 Å². The van der Waals surface area contributed by atoms with Crippen molar-refractivity contribution in [2.24, 2.45) is 0 Å². The first-order chi connectivity index (χ1) is 13.6. The number of nitrogens with one attached hydrogen (secondary N) is 1. The zero-order valence-corrected chi connectivity index (χ0v) is 15.5. The van der Waals surface area contributed by atoms with Crippen LogP contribution in [0.2, 0.25) is 0 Å². The number of fused-ring (bicyclic) bond motifs is 1. The SMILES string of the molecule is Cc1[nH]c2ccccc2c1C(=O)COC(=O)c1ccccc1N1CCCC1=O. The second kappa shape index (κ2) is 7.31. The van der Waals surface area contributed by atoms with Crippen LogP contribution in [-0.2, 0) is 9.53 Å². The van der Waals surface area contributed by atoms with E-state index in [0.29, 0.717) is 29.8 Å². The molecule has 6 heteroatoms. The van der Waals surface area contributed by atoms with Crippen LogP contribution in [0.25, 0.3) is 10.9 Å². The van der Waals surface area contributed by atoms with E-state index in [1.807, 2.05) is 31.2 Å². The van der Waals surface area contributed by atoms with Gasteiger partial charge in [-0.2, -0.15) is 0 Å². The molecule has 1 aromatic heterocycles. The first-order valence-electron chi connectivity index (χ1n) is 9.23. The fourth-order valence-electron chi connectivity index (χ4n) is 3.70. The third-order valence-corrected chi connectivity index (χ3v) is 4.99. The second-order valence-electron chi connectivity index (χ2n) is 6.84. The number of H-pyrrole nitrogens is 1. The van der Waals surface area contributed by atoms with Gasteiger partial charge in [-0.25, -0.2) is 4.79 Å². The Morgan fingerprint density at radius 3 is 2.64 bits per heavy atom. The van der Waals surface area contributed by atoms with Gasteiger partial charge in [0.15, 0.2) is 6.61 Å². The van der Waals surface area contributed by atoms with Crippen LogP contribution in [0.4, 0.5) is 5.69 Å². The van der Waals surface area contributed by atoms with Gasteiger partial charge in [0.25, 0.3) is 0 Å². The molecule has 6 nitrogen and oxygen atoms in total.